The van der Waals surface area contributed by atoms with Crippen LogP contribution in [0.1, 0.15) is 0 Å². The van der Waals surface area contributed by atoms with E-state index in [2.05, 4.69) is 0 Å². The van der Waals surface area contributed by atoms with Crippen molar-refractivity contribution in [2.24, 2.45) is 0 Å². The zero-order valence-electron chi connectivity index (χ0n) is 13.6. The van der Waals surface area contributed by atoms with Crippen LogP contribution in [0.4, 0.5) is 11.4 Å². The Kier molecular flexibility index (Phi) is 7.73. The summed E-state index contributed by atoms with van der Waals surface area (Å²) >= 11 is 0. The maximum absolute atomic E-state index is 5.60. The quantitative estimate of drug-likeness (QED) is 0.485. The highest BCUT2D eigenvalue weighted by molar-refractivity contribution is 5.42. The van der Waals surface area contributed by atoms with Crippen molar-refractivity contribution in [2.75, 3.05) is 51.1 Å². The van der Waals surface area contributed by atoms with Gasteiger partial charge in [-0.25, -0.2) is 0 Å². The van der Waals surface area contributed by atoms with Crippen molar-refractivity contribution in [2.45, 2.75) is 0 Å². The Labute approximate surface area is 142 Å². The van der Waals surface area contributed by atoms with E-state index in [1.54, 1.807) is 24.3 Å². The van der Waals surface area contributed by atoms with Crippen molar-refractivity contribution < 1.29 is 18.9 Å². The van der Waals surface area contributed by atoms with Crippen LogP contribution in [0, 0.1) is 0 Å². The first-order chi connectivity index (χ1) is 11.7. The third kappa shape index (κ3) is 7.21. The van der Waals surface area contributed by atoms with Crippen molar-refractivity contribution in [1.29, 1.82) is 0 Å². The van der Waals surface area contributed by atoms with Gasteiger partial charge in [0.05, 0.1) is 26.4 Å². The molecule has 0 atom stereocenters. The fourth-order valence-corrected chi connectivity index (χ4v) is 1.89. The van der Waals surface area contributed by atoms with E-state index < -0.39 is 0 Å². The summed E-state index contributed by atoms with van der Waals surface area (Å²) in [6.45, 7) is 3.04. The average molecular weight is 332 g/mol. The molecule has 0 spiro atoms. The summed E-state index contributed by atoms with van der Waals surface area (Å²) in [5.41, 5.74) is 12.6. The molecule has 0 fully saturated rings. The lowest BCUT2D eigenvalue weighted by atomic mass is 10.3. The maximum Gasteiger partial charge on any atom is 0.119 e. The number of hydrogen-bond acceptors (Lipinski definition) is 6. The lowest BCUT2D eigenvalue weighted by Gasteiger charge is -2.09. The molecule has 0 saturated carbocycles. The first-order valence-corrected chi connectivity index (χ1v) is 7.86. The number of nitrogen functional groups attached to an aromatic ring is 2. The minimum absolute atomic E-state index is 0.490. The van der Waals surface area contributed by atoms with Crippen LogP contribution in [-0.4, -0.2) is 39.6 Å². The van der Waals surface area contributed by atoms with Gasteiger partial charge in [0.15, 0.2) is 0 Å². The predicted molar refractivity (Wildman–Crippen MR) is 94.3 cm³/mol. The van der Waals surface area contributed by atoms with Gasteiger partial charge >= 0.3 is 0 Å². The summed E-state index contributed by atoms with van der Waals surface area (Å²) < 4.78 is 21.9. The van der Waals surface area contributed by atoms with Crippen LogP contribution < -0.4 is 20.9 Å². The van der Waals surface area contributed by atoms with Crippen LogP contribution in [0.3, 0.4) is 0 Å². The molecule has 0 amide bonds. The normalized spacial score (nSPS) is 10.5. The summed E-state index contributed by atoms with van der Waals surface area (Å²) in [4.78, 5) is 0. The Morgan fingerprint density at radius 2 is 0.833 bits per heavy atom. The number of hydrogen-bond donors (Lipinski definition) is 2. The maximum atomic E-state index is 5.60. The number of benzene rings is 2. The molecule has 2 aromatic rings. The second-order valence-electron chi connectivity index (χ2n) is 5.06. The number of anilines is 2. The fraction of sp³-hybridized carbons (Fsp3) is 0.333. The lowest BCUT2D eigenvalue weighted by Crippen LogP contribution is -2.13. The zero-order chi connectivity index (χ0) is 17.0. The van der Waals surface area contributed by atoms with E-state index in [0.29, 0.717) is 39.6 Å². The molecule has 0 saturated heterocycles. The van der Waals surface area contributed by atoms with E-state index in [1.165, 1.54) is 0 Å². The van der Waals surface area contributed by atoms with Gasteiger partial charge in [-0.3, -0.25) is 0 Å². The van der Waals surface area contributed by atoms with Crippen LogP contribution in [0.15, 0.2) is 48.5 Å². The third-order valence-corrected chi connectivity index (χ3v) is 3.13. The minimum atomic E-state index is 0.490. The molecule has 0 heterocycles. The van der Waals surface area contributed by atoms with Crippen molar-refractivity contribution in [3.63, 3.8) is 0 Å². The molecule has 0 aliphatic heterocycles. The Morgan fingerprint density at radius 3 is 1.21 bits per heavy atom. The summed E-state index contributed by atoms with van der Waals surface area (Å²) in [5.74, 6) is 1.56. The van der Waals surface area contributed by atoms with Gasteiger partial charge in [0.2, 0.25) is 0 Å². The molecule has 130 valence electrons. The van der Waals surface area contributed by atoms with Gasteiger partial charge in [-0.05, 0) is 48.5 Å². The number of nitrogens with two attached hydrogens (primary N) is 2. The van der Waals surface area contributed by atoms with E-state index in [-0.39, 0.29) is 0 Å². The van der Waals surface area contributed by atoms with Crippen LogP contribution in [0.2, 0.25) is 0 Å². The highest BCUT2D eigenvalue weighted by atomic mass is 16.6. The van der Waals surface area contributed by atoms with Crippen molar-refractivity contribution in [3.8, 4) is 11.5 Å². The highest BCUT2D eigenvalue weighted by Crippen LogP contribution is 2.13. The molecular weight excluding hydrogens is 308 g/mol. The van der Waals surface area contributed by atoms with Crippen molar-refractivity contribution >= 4 is 11.4 Å². The monoisotopic (exact) mass is 332 g/mol. The van der Waals surface area contributed by atoms with Crippen LogP contribution in [0.25, 0.3) is 0 Å². The SMILES string of the molecule is Nc1ccc(OCCOCCOCCOc2ccc(N)cc2)cc1. The number of ether oxygens (including phenoxy) is 4. The second kappa shape index (κ2) is 10.4. The number of rotatable bonds is 11. The van der Waals surface area contributed by atoms with Crippen molar-refractivity contribution in [1.82, 2.24) is 0 Å². The first-order valence-electron chi connectivity index (χ1n) is 7.86. The standard InChI is InChI=1S/C18H24N2O4/c19-15-1-5-17(6-2-15)23-13-11-21-9-10-22-12-14-24-18-7-3-16(20)4-8-18/h1-8H,9-14,19-20H2. The van der Waals surface area contributed by atoms with Gasteiger partial charge in [-0.1, -0.05) is 0 Å². The highest BCUT2D eigenvalue weighted by Gasteiger charge is 1.96. The van der Waals surface area contributed by atoms with Crippen LogP contribution in [-0.2, 0) is 9.47 Å². The second-order valence-corrected chi connectivity index (χ2v) is 5.06. The summed E-state index contributed by atoms with van der Waals surface area (Å²) in [5, 5.41) is 0. The van der Waals surface area contributed by atoms with E-state index in [1.807, 2.05) is 24.3 Å². The first kappa shape index (κ1) is 17.9. The molecule has 4 N–H and O–H groups in total. The van der Waals surface area contributed by atoms with E-state index in [0.717, 1.165) is 22.9 Å². The topological polar surface area (TPSA) is 89.0 Å². The molecular formula is C18H24N2O4. The zero-order valence-corrected chi connectivity index (χ0v) is 13.6. The Balaban J connectivity index is 1.40. The molecule has 6 nitrogen and oxygen atoms in total. The van der Waals surface area contributed by atoms with Crippen LogP contribution in [0.5, 0.6) is 11.5 Å². The molecule has 2 rings (SSSR count). The third-order valence-electron chi connectivity index (χ3n) is 3.13. The summed E-state index contributed by atoms with van der Waals surface area (Å²) in [7, 11) is 0. The van der Waals surface area contributed by atoms with Gasteiger partial charge in [0, 0.05) is 11.4 Å². The van der Waals surface area contributed by atoms with Gasteiger partial charge in [-0.2, -0.15) is 0 Å². The van der Waals surface area contributed by atoms with Gasteiger partial charge in [0.25, 0.3) is 0 Å². The predicted octanol–water partition coefficient (Wildman–Crippen LogP) is 2.34. The molecule has 6 heteroatoms. The smallest absolute Gasteiger partial charge is 0.119 e. The van der Waals surface area contributed by atoms with Gasteiger partial charge < -0.3 is 30.4 Å². The van der Waals surface area contributed by atoms with E-state index >= 15 is 0 Å². The molecule has 0 aromatic heterocycles. The lowest BCUT2D eigenvalue weighted by molar-refractivity contribution is 0.0273. The molecule has 0 bridgehead atoms. The Morgan fingerprint density at radius 1 is 0.500 bits per heavy atom. The summed E-state index contributed by atoms with van der Waals surface area (Å²) in [6, 6.07) is 14.5. The van der Waals surface area contributed by atoms with Crippen LogP contribution >= 0.6 is 0 Å². The molecule has 0 unspecified atom stereocenters. The molecule has 0 aliphatic carbocycles. The minimum Gasteiger partial charge on any atom is -0.491 e. The largest absolute Gasteiger partial charge is 0.491 e. The summed E-state index contributed by atoms with van der Waals surface area (Å²) in [6.07, 6.45) is 0. The van der Waals surface area contributed by atoms with E-state index in [9.17, 15) is 0 Å². The average Bonchev–Trinajstić information content (AvgIpc) is 2.60. The molecule has 0 radical (unpaired) electrons. The fourth-order valence-electron chi connectivity index (χ4n) is 1.89. The molecule has 2 aromatic carbocycles. The molecule has 24 heavy (non-hydrogen) atoms. The molecule has 0 aliphatic rings. The Bertz CT molecular complexity index is 519. The van der Waals surface area contributed by atoms with Gasteiger partial charge in [0.1, 0.15) is 24.7 Å². The van der Waals surface area contributed by atoms with Crippen molar-refractivity contribution in [3.05, 3.63) is 48.5 Å². The van der Waals surface area contributed by atoms with E-state index in [4.69, 9.17) is 30.4 Å². The Hall–Kier alpha value is -2.44. The van der Waals surface area contributed by atoms with Gasteiger partial charge in [-0.15, -0.1) is 0 Å².